The van der Waals surface area contributed by atoms with Gasteiger partial charge >= 0.3 is 0 Å². The van der Waals surface area contributed by atoms with E-state index in [0.29, 0.717) is 49.6 Å². The van der Waals surface area contributed by atoms with Gasteiger partial charge in [-0.1, -0.05) is 36.4 Å². The molecule has 35 heavy (non-hydrogen) atoms. The highest BCUT2D eigenvalue weighted by atomic mass is 16.3. The Labute approximate surface area is 204 Å². The zero-order valence-electron chi connectivity index (χ0n) is 19.8. The highest BCUT2D eigenvalue weighted by Gasteiger charge is 2.23. The first-order valence-corrected chi connectivity index (χ1v) is 11.7. The molecular weight excluding hydrogens is 444 g/mol. The molecular formula is C27H30N4O4. The van der Waals surface area contributed by atoms with Crippen molar-refractivity contribution in [3.05, 3.63) is 89.4 Å². The summed E-state index contributed by atoms with van der Waals surface area (Å²) in [6.45, 7) is 4.90. The van der Waals surface area contributed by atoms with Crippen LogP contribution in [0.25, 0.3) is 0 Å². The van der Waals surface area contributed by atoms with E-state index in [2.05, 4.69) is 10.6 Å². The average molecular weight is 475 g/mol. The van der Waals surface area contributed by atoms with Crippen LogP contribution in [-0.4, -0.2) is 60.2 Å². The maximum atomic E-state index is 12.7. The Balaban J connectivity index is 1.25. The van der Waals surface area contributed by atoms with Gasteiger partial charge in [0.15, 0.2) is 0 Å². The number of para-hydroxylation sites is 1. The van der Waals surface area contributed by atoms with Crippen LogP contribution in [0.2, 0.25) is 0 Å². The molecule has 0 spiro atoms. The summed E-state index contributed by atoms with van der Waals surface area (Å²) >= 11 is 0. The van der Waals surface area contributed by atoms with Crippen LogP contribution >= 0.6 is 0 Å². The molecule has 2 aromatic carbocycles. The topological polar surface area (TPSA) is 94.9 Å². The highest BCUT2D eigenvalue weighted by molar-refractivity contribution is 6.04. The first kappa shape index (κ1) is 24.2. The Bertz CT molecular complexity index is 1170. The SMILES string of the molecule is Cc1ccccc1CC(=O)N1CCN(CC(=O)Nc2ccccc2C(=O)NCc2ccco2)CC1. The van der Waals surface area contributed by atoms with Crippen molar-refractivity contribution < 1.29 is 18.8 Å². The fourth-order valence-corrected chi connectivity index (χ4v) is 4.10. The molecule has 2 heterocycles. The maximum absolute atomic E-state index is 12.7. The van der Waals surface area contributed by atoms with Gasteiger partial charge in [0.25, 0.3) is 5.91 Å². The van der Waals surface area contributed by atoms with E-state index in [1.54, 1.807) is 42.7 Å². The third-order valence-electron chi connectivity index (χ3n) is 6.14. The molecule has 8 heteroatoms. The van der Waals surface area contributed by atoms with Gasteiger partial charge in [-0.3, -0.25) is 19.3 Å². The predicted molar refractivity (Wildman–Crippen MR) is 133 cm³/mol. The molecule has 1 fully saturated rings. The van der Waals surface area contributed by atoms with Crippen LogP contribution in [-0.2, 0) is 22.6 Å². The van der Waals surface area contributed by atoms with Gasteiger partial charge in [-0.05, 0) is 42.3 Å². The highest BCUT2D eigenvalue weighted by Crippen LogP contribution is 2.16. The summed E-state index contributed by atoms with van der Waals surface area (Å²) < 4.78 is 5.24. The van der Waals surface area contributed by atoms with Gasteiger partial charge in [0.2, 0.25) is 11.8 Å². The lowest BCUT2D eigenvalue weighted by molar-refractivity contribution is -0.132. The van der Waals surface area contributed by atoms with Crippen LogP contribution in [0.5, 0.6) is 0 Å². The largest absolute Gasteiger partial charge is 0.467 e. The average Bonchev–Trinajstić information content (AvgIpc) is 3.38. The van der Waals surface area contributed by atoms with Crippen LogP contribution < -0.4 is 10.6 Å². The van der Waals surface area contributed by atoms with Crippen molar-refractivity contribution in [1.82, 2.24) is 15.1 Å². The summed E-state index contributed by atoms with van der Waals surface area (Å²) in [5.74, 6) is 0.267. The van der Waals surface area contributed by atoms with Gasteiger partial charge in [0.1, 0.15) is 5.76 Å². The molecule has 1 saturated heterocycles. The minimum atomic E-state index is -0.293. The second-order valence-corrected chi connectivity index (χ2v) is 8.62. The summed E-state index contributed by atoms with van der Waals surface area (Å²) in [7, 11) is 0. The Morgan fingerprint density at radius 3 is 2.40 bits per heavy atom. The molecule has 3 aromatic rings. The Morgan fingerprint density at radius 2 is 1.66 bits per heavy atom. The summed E-state index contributed by atoms with van der Waals surface area (Å²) in [6.07, 6.45) is 1.95. The van der Waals surface area contributed by atoms with Crippen molar-refractivity contribution in [2.45, 2.75) is 19.9 Å². The molecule has 0 unspecified atom stereocenters. The van der Waals surface area contributed by atoms with Crippen LogP contribution in [0.3, 0.4) is 0 Å². The van der Waals surface area contributed by atoms with Crippen LogP contribution in [0, 0.1) is 6.92 Å². The number of nitrogens with one attached hydrogen (secondary N) is 2. The molecule has 0 bridgehead atoms. The van der Waals surface area contributed by atoms with Gasteiger partial charge in [-0.25, -0.2) is 0 Å². The summed E-state index contributed by atoms with van der Waals surface area (Å²) in [4.78, 5) is 41.9. The second-order valence-electron chi connectivity index (χ2n) is 8.62. The van der Waals surface area contributed by atoms with Gasteiger partial charge in [-0.2, -0.15) is 0 Å². The number of amides is 3. The smallest absolute Gasteiger partial charge is 0.253 e. The van der Waals surface area contributed by atoms with Gasteiger partial charge < -0.3 is 20.0 Å². The monoisotopic (exact) mass is 474 g/mol. The zero-order chi connectivity index (χ0) is 24.6. The number of aryl methyl sites for hydroxylation is 1. The Hall–Kier alpha value is -3.91. The number of piperazine rings is 1. The predicted octanol–water partition coefficient (Wildman–Crippen LogP) is 2.84. The van der Waals surface area contributed by atoms with Crippen molar-refractivity contribution in [2.24, 2.45) is 0 Å². The lowest BCUT2D eigenvalue weighted by Crippen LogP contribution is -2.50. The van der Waals surface area contributed by atoms with Crippen molar-refractivity contribution in [3.63, 3.8) is 0 Å². The van der Waals surface area contributed by atoms with E-state index in [9.17, 15) is 14.4 Å². The number of furan rings is 1. The van der Waals surface area contributed by atoms with Crippen LogP contribution in [0.4, 0.5) is 5.69 Å². The Kier molecular flexibility index (Phi) is 7.95. The number of benzene rings is 2. The minimum Gasteiger partial charge on any atom is -0.467 e. The zero-order valence-corrected chi connectivity index (χ0v) is 19.8. The summed E-state index contributed by atoms with van der Waals surface area (Å²) in [6, 6.07) is 18.4. The fraction of sp³-hybridized carbons (Fsp3) is 0.296. The van der Waals surface area contributed by atoms with E-state index in [1.807, 2.05) is 41.0 Å². The number of nitrogens with zero attached hydrogens (tertiary/aromatic N) is 2. The molecule has 3 amide bonds. The van der Waals surface area contributed by atoms with Gasteiger partial charge in [0.05, 0.1) is 37.0 Å². The van der Waals surface area contributed by atoms with Crippen LogP contribution in [0.15, 0.2) is 71.3 Å². The van der Waals surface area contributed by atoms with Gasteiger partial charge in [-0.15, -0.1) is 0 Å². The van der Waals surface area contributed by atoms with E-state index in [-0.39, 0.29) is 30.8 Å². The van der Waals surface area contributed by atoms with Crippen molar-refractivity contribution >= 4 is 23.4 Å². The number of rotatable bonds is 8. The molecule has 0 aliphatic carbocycles. The third kappa shape index (κ3) is 6.58. The van der Waals surface area contributed by atoms with Crippen molar-refractivity contribution in [1.29, 1.82) is 0 Å². The van der Waals surface area contributed by atoms with E-state index >= 15 is 0 Å². The number of carbonyl (C=O) groups is 3. The van der Waals surface area contributed by atoms with Crippen molar-refractivity contribution in [3.8, 4) is 0 Å². The molecule has 4 rings (SSSR count). The molecule has 0 radical (unpaired) electrons. The summed E-state index contributed by atoms with van der Waals surface area (Å²) in [5, 5.41) is 5.66. The van der Waals surface area contributed by atoms with Crippen LogP contribution in [0.1, 0.15) is 27.2 Å². The first-order valence-electron chi connectivity index (χ1n) is 11.7. The number of hydrogen-bond donors (Lipinski definition) is 2. The molecule has 0 saturated carbocycles. The number of carbonyl (C=O) groups excluding carboxylic acids is 3. The maximum Gasteiger partial charge on any atom is 0.253 e. The minimum absolute atomic E-state index is 0.109. The second kappa shape index (κ2) is 11.5. The fourth-order valence-electron chi connectivity index (χ4n) is 4.10. The number of hydrogen-bond acceptors (Lipinski definition) is 5. The quantitative estimate of drug-likeness (QED) is 0.524. The summed E-state index contributed by atoms with van der Waals surface area (Å²) in [5.41, 5.74) is 3.01. The van der Waals surface area contributed by atoms with Gasteiger partial charge in [0, 0.05) is 26.2 Å². The molecule has 0 atom stereocenters. The molecule has 1 aliphatic heterocycles. The number of anilines is 1. The lowest BCUT2D eigenvalue weighted by atomic mass is 10.1. The molecule has 182 valence electrons. The normalized spacial score (nSPS) is 13.9. The van der Waals surface area contributed by atoms with E-state index in [0.717, 1.165) is 11.1 Å². The molecule has 2 N–H and O–H groups in total. The van der Waals surface area contributed by atoms with E-state index in [4.69, 9.17) is 4.42 Å². The molecule has 1 aliphatic rings. The third-order valence-corrected chi connectivity index (χ3v) is 6.14. The molecule has 8 nitrogen and oxygen atoms in total. The Morgan fingerprint density at radius 1 is 0.914 bits per heavy atom. The van der Waals surface area contributed by atoms with E-state index in [1.165, 1.54) is 0 Å². The first-order chi connectivity index (χ1) is 17.0. The standard InChI is InChI=1S/C27H30N4O4/c1-20-7-2-3-8-21(20)17-26(33)31-14-12-30(13-15-31)19-25(32)29-24-11-5-4-10-23(24)27(34)28-18-22-9-6-16-35-22/h2-11,16H,12-15,17-19H2,1H3,(H,28,34)(H,29,32). The molecule has 1 aromatic heterocycles. The van der Waals surface area contributed by atoms with Crippen molar-refractivity contribution in [2.75, 3.05) is 38.0 Å². The van der Waals surface area contributed by atoms with E-state index < -0.39 is 0 Å². The lowest BCUT2D eigenvalue weighted by Gasteiger charge is -2.34.